The molecular formula is C15H25N3O. The fraction of sp³-hybridized carbons (Fsp3) is 0.667. The zero-order valence-electron chi connectivity index (χ0n) is 12.2. The Morgan fingerprint density at radius 1 is 1.47 bits per heavy atom. The van der Waals surface area contributed by atoms with Crippen LogP contribution in [0.15, 0.2) is 24.5 Å². The Labute approximate surface area is 116 Å². The molecule has 1 aliphatic heterocycles. The Morgan fingerprint density at radius 2 is 2.21 bits per heavy atom. The quantitative estimate of drug-likeness (QED) is 0.879. The monoisotopic (exact) mass is 263 g/mol. The molecule has 4 nitrogen and oxygen atoms in total. The lowest BCUT2D eigenvalue weighted by atomic mass is 9.83. The first-order valence-electron chi connectivity index (χ1n) is 7.12. The van der Waals surface area contributed by atoms with E-state index in [1.54, 1.807) is 0 Å². The molecule has 2 atom stereocenters. The topological polar surface area (TPSA) is 37.4 Å². The lowest BCUT2D eigenvalue weighted by Crippen LogP contribution is -2.57. The van der Waals surface area contributed by atoms with Crippen LogP contribution in [0.25, 0.3) is 0 Å². The fourth-order valence-corrected chi connectivity index (χ4v) is 3.07. The summed E-state index contributed by atoms with van der Waals surface area (Å²) in [5, 5.41) is 3.48. The van der Waals surface area contributed by atoms with Crippen LogP contribution in [-0.4, -0.2) is 48.8 Å². The molecule has 1 aromatic heterocycles. The van der Waals surface area contributed by atoms with E-state index in [1.807, 2.05) is 25.5 Å². The number of morpholine rings is 1. The average Bonchev–Trinajstić information content (AvgIpc) is 2.49. The van der Waals surface area contributed by atoms with Crippen molar-refractivity contribution in [3.63, 3.8) is 0 Å². The van der Waals surface area contributed by atoms with Crippen LogP contribution in [-0.2, 0) is 4.74 Å². The van der Waals surface area contributed by atoms with Gasteiger partial charge in [-0.1, -0.05) is 13.0 Å². The number of aromatic nitrogens is 1. The SMILES string of the molecule is CCC(C)(C(NC)c1cccnc1)N1CCOCC1. The second-order valence-electron chi connectivity index (χ2n) is 5.32. The van der Waals surface area contributed by atoms with Gasteiger partial charge in [0.25, 0.3) is 0 Å². The normalized spacial score (nSPS) is 21.8. The molecule has 2 heterocycles. The van der Waals surface area contributed by atoms with E-state index in [1.165, 1.54) is 5.56 Å². The fourth-order valence-electron chi connectivity index (χ4n) is 3.07. The van der Waals surface area contributed by atoms with E-state index >= 15 is 0 Å². The third-order valence-corrected chi connectivity index (χ3v) is 4.38. The number of hydrogen-bond acceptors (Lipinski definition) is 4. The molecule has 0 bridgehead atoms. The molecule has 1 N–H and O–H groups in total. The van der Waals surface area contributed by atoms with Crippen LogP contribution >= 0.6 is 0 Å². The summed E-state index contributed by atoms with van der Waals surface area (Å²) in [4.78, 5) is 6.81. The summed E-state index contributed by atoms with van der Waals surface area (Å²) in [7, 11) is 2.03. The van der Waals surface area contributed by atoms with Crippen molar-refractivity contribution < 1.29 is 4.74 Å². The molecule has 106 valence electrons. The van der Waals surface area contributed by atoms with Gasteiger partial charge in [-0.2, -0.15) is 0 Å². The smallest absolute Gasteiger partial charge is 0.0594 e. The number of rotatable bonds is 5. The Balaban J connectivity index is 2.26. The summed E-state index contributed by atoms with van der Waals surface area (Å²) < 4.78 is 5.48. The van der Waals surface area contributed by atoms with Crippen molar-refractivity contribution in [3.8, 4) is 0 Å². The van der Waals surface area contributed by atoms with Crippen LogP contribution in [0, 0.1) is 0 Å². The van der Waals surface area contributed by atoms with Gasteiger partial charge < -0.3 is 10.1 Å². The molecule has 1 fully saturated rings. The van der Waals surface area contributed by atoms with E-state index in [0.717, 1.165) is 32.7 Å². The van der Waals surface area contributed by atoms with Gasteiger partial charge in [0.2, 0.25) is 0 Å². The Kier molecular flexibility index (Phi) is 4.91. The minimum Gasteiger partial charge on any atom is -0.379 e. The van der Waals surface area contributed by atoms with Crippen molar-refractivity contribution in [2.75, 3.05) is 33.4 Å². The van der Waals surface area contributed by atoms with Crippen LogP contribution in [0.4, 0.5) is 0 Å². The van der Waals surface area contributed by atoms with Crippen molar-refractivity contribution in [2.24, 2.45) is 0 Å². The second kappa shape index (κ2) is 6.46. The largest absolute Gasteiger partial charge is 0.379 e. The van der Waals surface area contributed by atoms with E-state index in [9.17, 15) is 0 Å². The molecular weight excluding hydrogens is 238 g/mol. The maximum absolute atomic E-state index is 5.48. The first-order chi connectivity index (χ1) is 9.22. The Morgan fingerprint density at radius 3 is 2.74 bits per heavy atom. The standard InChI is InChI=1S/C15H25N3O/c1-4-15(2,18-8-10-19-11-9-18)14(16-3)13-6-5-7-17-12-13/h5-7,12,14,16H,4,8-11H2,1-3H3. The highest BCUT2D eigenvalue weighted by Crippen LogP contribution is 2.34. The molecule has 0 amide bonds. The van der Waals surface area contributed by atoms with Crippen LogP contribution in [0.5, 0.6) is 0 Å². The third kappa shape index (κ3) is 2.96. The van der Waals surface area contributed by atoms with Gasteiger partial charge in [0, 0.05) is 31.0 Å². The lowest BCUT2D eigenvalue weighted by Gasteiger charge is -2.47. The van der Waals surface area contributed by atoms with E-state index in [4.69, 9.17) is 4.74 Å². The Bertz CT molecular complexity index is 378. The molecule has 2 rings (SSSR count). The molecule has 0 saturated carbocycles. The van der Waals surface area contributed by atoms with Crippen molar-refractivity contribution in [2.45, 2.75) is 31.8 Å². The lowest BCUT2D eigenvalue weighted by molar-refractivity contribution is -0.0319. The van der Waals surface area contributed by atoms with Crippen molar-refractivity contribution >= 4 is 0 Å². The number of hydrogen-bond donors (Lipinski definition) is 1. The first kappa shape index (κ1) is 14.4. The minimum atomic E-state index is 0.0849. The molecule has 0 aliphatic carbocycles. The molecule has 19 heavy (non-hydrogen) atoms. The van der Waals surface area contributed by atoms with E-state index in [0.29, 0.717) is 0 Å². The van der Waals surface area contributed by atoms with Crippen molar-refractivity contribution in [1.29, 1.82) is 0 Å². The maximum atomic E-state index is 5.48. The predicted molar refractivity (Wildman–Crippen MR) is 77.1 cm³/mol. The number of nitrogens with one attached hydrogen (secondary N) is 1. The van der Waals surface area contributed by atoms with Crippen LogP contribution in [0.1, 0.15) is 31.9 Å². The van der Waals surface area contributed by atoms with Gasteiger partial charge >= 0.3 is 0 Å². The highest BCUT2D eigenvalue weighted by atomic mass is 16.5. The van der Waals surface area contributed by atoms with Crippen molar-refractivity contribution in [1.82, 2.24) is 15.2 Å². The molecule has 0 radical (unpaired) electrons. The summed E-state index contributed by atoms with van der Waals surface area (Å²) in [5.74, 6) is 0. The average molecular weight is 263 g/mol. The number of pyridine rings is 1. The van der Waals surface area contributed by atoms with Gasteiger partial charge in [0.15, 0.2) is 0 Å². The summed E-state index contributed by atoms with van der Waals surface area (Å²) in [5.41, 5.74) is 1.34. The van der Waals surface area contributed by atoms with Crippen LogP contribution in [0.2, 0.25) is 0 Å². The minimum absolute atomic E-state index is 0.0849. The second-order valence-corrected chi connectivity index (χ2v) is 5.32. The predicted octanol–water partition coefficient (Wildman–Crippen LogP) is 1.84. The summed E-state index contributed by atoms with van der Waals surface area (Å²) in [6, 6.07) is 4.45. The van der Waals surface area contributed by atoms with E-state index in [2.05, 4.69) is 35.1 Å². The summed E-state index contributed by atoms with van der Waals surface area (Å²) in [6.45, 7) is 8.27. The third-order valence-electron chi connectivity index (χ3n) is 4.38. The Hall–Kier alpha value is -0.970. The van der Waals surface area contributed by atoms with Gasteiger partial charge in [-0.15, -0.1) is 0 Å². The van der Waals surface area contributed by atoms with E-state index in [-0.39, 0.29) is 11.6 Å². The maximum Gasteiger partial charge on any atom is 0.0594 e. The van der Waals surface area contributed by atoms with Crippen molar-refractivity contribution in [3.05, 3.63) is 30.1 Å². The van der Waals surface area contributed by atoms with Crippen LogP contribution < -0.4 is 5.32 Å². The number of ether oxygens (including phenoxy) is 1. The van der Waals surface area contributed by atoms with E-state index < -0.39 is 0 Å². The van der Waals surface area contributed by atoms with Gasteiger partial charge in [-0.3, -0.25) is 9.88 Å². The molecule has 2 unspecified atom stereocenters. The number of likely N-dealkylation sites (N-methyl/N-ethyl adjacent to an activating group) is 1. The molecule has 1 saturated heterocycles. The summed E-state index contributed by atoms with van der Waals surface area (Å²) in [6.07, 6.45) is 4.89. The number of nitrogens with zero attached hydrogens (tertiary/aromatic N) is 2. The summed E-state index contributed by atoms with van der Waals surface area (Å²) >= 11 is 0. The van der Waals surface area contributed by atoms with Gasteiger partial charge in [-0.25, -0.2) is 0 Å². The zero-order chi connectivity index (χ0) is 13.7. The highest BCUT2D eigenvalue weighted by Gasteiger charge is 2.39. The molecule has 0 spiro atoms. The van der Waals surface area contributed by atoms with Crippen LogP contribution in [0.3, 0.4) is 0 Å². The van der Waals surface area contributed by atoms with Gasteiger partial charge in [-0.05, 0) is 32.0 Å². The molecule has 1 aliphatic rings. The molecule has 4 heteroatoms. The highest BCUT2D eigenvalue weighted by molar-refractivity contribution is 5.19. The first-order valence-corrected chi connectivity index (χ1v) is 7.12. The van der Waals surface area contributed by atoms with Gasteiger partial charge in [0.1, 0.15) is 0 Å². The molecule has 1 aromatic rings. The molecule has 0 aromatic carbocycles. The van der Waals surface area contributed by atoms with Gasteiger partial charge in [0.05, 0.1) is 19.3 Å². The zero-order valence-corrected chi connectivity index (χ0v) is 12.2.